The van der Waals surface area contributed by atoms with Crippen molar-refractivity contribution in [1.82, 2.24) is 10.3 Å². The summed E-state index contributed by atoms with van der Waals surface area (Å²) in [5.74, 6) is 0. The highest BCUT2D eigenvalue weighted by Crippen LogP contribution is 2.29. The van der Waals surface area contributed by atoms with Crippen LogP contribution in [0.5, 0.6) is 0 Å². The molecule has 0 radical (unpaired) electrons. The highest BCUT2D eigenvalue weighted by molar-refractivity contribution is 5.96. The molecule has 1 aliphatic heterocycles. The van der Waals surface area contributed by atoms with Gasteiger partial charge in [0.05, 0.1) is 11.0 Å². The van der Waals surface area contributed by atoms with Gasteiger partial charge in [0.25, 0.3) is 5.69 Å². The van der Waals surface area contributed by atoms with Crippen LogP contribution in [0.2, 0.25) is 0 Å². The fourth-order valence-corrected chi connectivity index (χ4v) is 2.04. The number of non-ortho nitro benzene ring substituents is 1. The van der Waals surface area contributed by atoms with Gasteiger partial charge in [-0.3, -0.25) is 10.1 Å². The first-order valence-electron chi connectivity index (χ1n) is 5.75. The van der Waals surface area contributed by atoms with Crippen LogP contribution in [0.1, 0.15) is 0 Å². The number of nitro benzene ring substituents is 1. The topological polar surface area (TPSA) is 80.1 Å². The minimum Gasteiger partial charge on any atom is -0.379 e. The molecular weight excluding hydrogens is 232 g/mol. The van der Waals surface area contributed by atoms with Crippen LogP contribution in [0.4, 0.5) is 11.4 Å². The van der Waals surface area contributed by atoms with Gasteiger partial charge >= 0.3 is 0 Å². The molecule has 0 saturated carbocycles. The first-order chi connectivity index (χ1) is 8.75. The number of nitro groups is 1. The largest absolute Gasteiger partial charge is 0.379 e. The number of hydrogen-bond acceptors (Lipinski definition) is 5. The van der Waals surface area contributed by atoms with E-state index in [1.54, 1.807) is 12.3 Å². The number of hydrogen-bond donors (Lipinski definition) is 2. The fourth-order valence-electron chi connectivity index (χ4n) is 2.04. The molecule has 1 fully saturated rings. The minimum atomic E-state index is -0.399. The highest BCUT2D eigenvalue weighted by atomic mass is 16.6. The second-order valence-corrected chi connectivity index (χ2v) is 4.29. The summed E-state index contributed by atoms with van der Waals surface area (Å²) in [6.45, 7) is 1.83. The van der Waals surface area contributed by atoms with Crippen LogP contribution >= 0.6 is 0 Å². The average Bonchev–Trinajstić information content (AvgIpc) is 2.33. The number of fused-ring (bicyclic) bond motifs is 1. The molecule has 0 unspecified atom stereocenters. The Morgan fingerprint density at radius 1 is 1.39 bits per heavy atom. The molecule has 2 heterocycles. The molecule has 1 aromatic carbocycles. The predicted molar refractivity (Wildman–Crippen MR) is 68.7 cm³/mol. The lowest BCUT2D eigenvalue weighted by Gasteiger charge is -2.29. The van der Waals surface area contributed by atoms with Gasteiger partial charge in [0.2, 0.25) is 0 Å². The van der Waals surface area contributed by atoms with Crippen molar-refractivity contribution >= 4 is 22.3 Å². The van der Waals surface area contributed by atoms with E-state index in [0.717, 1.165) is 24.2 Å². The number of nitrogens with zero attached hydrogens (tertiary/aromatic N) is 2. The molecule has 6 heteroatoms. The van der Waals surface area contributed by atoms with Crippen LogP contribution in [0.25, 0.3) is 10.9 Å². The van der Waals surface area contributed by atoms with Gasteiger partial charge in [-0.25, -0.2) is 4.98 Å². The molecule has 0 atom stereocenters. The third-order valence-electron chi connectivity index (χ3n) is 3.09. The van der Waals surface area contributed by atoms with Crippen molar-refractivity contribution in [3.63, 3.8) is 0 Å². The maximum absolute atomic E-state index is 11.0. The third-order valence-corrected chi connectivity index (χ3v) is 3.09. The van der Waals surface area contributed by atoms with Gasteiger partial charge < -0.3 is 10.6 Å². The molecule has 92 valence electrons. The SMILES string of the molecule is O=[N+]([O-])c1cccc2c(NC3CNC3)ccnc12. The van der Waals surface area contributed by atoms with Crippen molar-refractivity contribution < 1.29 is 4.92 Å². The Hall–Kier alpha value is -2.21. The van der Waals surface area contributed by atoms with Crippen molar-refractivity contribution in [1.29, 1.82) is 0 Å². The predicted octanol–water partition coefficient (Wildman–Crippen LogP) is 1.53. The van der Waals surface area contributed by atoms with Crippen LogP contribution in [-0.4, -0.2) is 29.0 Å². The van der Waals surface area contributed by atoms with Gasteiger partial charge in [-0.05, 0) is 6.07 Å². The van der Waals surface area contributed by atoms with Gasteiger partial charge in [0.15, 0.2) is 0 Å². The first-order valence-corrected chi connectivity index (χ1v) is 5.75. The van der Waals surface area contributed by atoms with E-state index >= 15 is 0 Å². The van der Waals surface area contributed by atoms with Gasteiger partial charge in [-0.1, -0.05) is 12.1 Å². The van der Waals surface area contributed by atoms with Crippen molar-refractivity contribution in [3.05, 3.63) is 40.6 Å². The summed E-state index contributed by atoms with van der Waals surface area (Å²) in [6, 6.07) is 7.25. The summed E-state index contributed by atoms with van der Waals surface area (Å²) >= 11 is 0. The third kappa shape index (κ3) is 1.76. The van der Waals surface area contributed by atoms with E-state index in [-0.39, 0.29) is 5.69 Å². The maximum atomic E-state index is 11.0. The molecule has 2 N–H and O–H groups in total. The van der Waals surface area contributed by atoms with Crippen LogP contribution in [0, 0.1) is 10.1 Å². The summed E-state index contributed by atoms with van der Waals surface area (Å²) in [5, 5.41) is 18.3. The van der Waals surface area contributed by atoms with E-state index in [2.05, 4.69) is 15.6 Å². The number of para-hydroxylation sites is 1. The number of aromatic nitrogens is 1. The summed E-state index contributed by atoms with van der Waals surface area (Å²) in [6.07, 6.45) is 1.60. The number of rotatable bonds is 3. The summed E-state index contributed by atoms with van der Waals surface area (Å²) in [5.41, 5.74) is 1.37. The van der Waals surface area contributed by atoms with Crippen LogP contribution in [0.3, 0.4) is 0 Å². The van der Waals surface area contributed by atoms with E-state index in [1.807, 2.05) is 12.1 Å². The van der Waals surface area contributed by atoms with E-state index in [4.69, 9.17) is 0 Å². The Bertz CT molecular complexity index is 610. The quantitative estimate of drug-likeness (QED) is 0.632. The molecule has 2 aromatic rings. The second kappa shape index (κ2) is 4.23. The zero-order valence-corrected chi connectivity index (χ0v) is 9.59. The van der Waals surface area contributed by atoms with Crippen molar-refractivity contribution in [2.45, 2.75) is 6.04 Å². The smallest absolute Gasteiger partial charge is 0.295 e. The monoisotopic (exact) mass is 244 g/mol. The lowest BCUT2D eigenvalue weighted by atomic mass is 10.1. The Balaban J connectivity index is 2.09. The van der Waals surface area contributed by atoms with E-state index in [0.29, 0.717) is 11.6 Å². The molecule has 1 saturated heterocycles. The number of anilines is 1. The van der Waals surface area contributed by atoms with Gasteiger partial charge in [0, 0.05) is 36.4 Å². The first kappa shape index (κ1) is 10.9. The molecule has 6 nitrogen and oxygen atoms in total. The van der Waals surface area contributed by atoms with Crippen LogP contribution < -0.4 is 10.6 Å². The molecule has 0 aliphatic carbocycles. The molecule has 3 rings (SSSR count). The lowest BCUT2D eigenvalue weighted by Crippen LogP contribution is -2.51. The van der Waals surface area contributed by atoms with E-state index < -0.39 is 4.92 Å². The summed E-state index contributed by atoms with van der Waals surface area (Å²) in [4.78, 5) is 14.7. The van der Waals surface area contributed by atoms with Gasteiger partial charge in [-0.15, -0.1) is 0 Å². The molecule has 0 spiro atoms. The molecular formula is C12H12N4O2. The zero-order valence-electron chi connectivity index (χ0n) is 9.59. The lowest BCUT2D eigenvalue weighted by molar-refractivity contribution is -0.383. The highest BCUT2D eigenvalue weighted by Gasteiger charge is 2.19. The molecule has 1 aromatic heterocycles. The maximum Gasteiger partial charge on any atom is 0.295 e. The normalized spacial score (nSPS) is 15.3. The standard InChI is InChI=1S/C12H12N4O2/c17-16(18)11-3-1-2-9-10(4-5-14-12(9)11)15-8-6-13-7-8/h1-5,8,13H,6-7H2,(H,14,15). The average molecular weight is 244 g/mol. The molecule has 1 aliphatic rings. The zero-order chi connectivity index (χ0) is 12.5. The Morgan fingerprint density at radius 2 is 2.22 bits per heavy atom. The second-order valence-electron chi connectivity index (χ2n) is 4.29. The van der Waals surface area contributed by atoms with E-state index in [9.17, 15) is 10.1 Å². The van der Waals surface area contributed by atoms with Crippen molar-refractivity contribution in [3.8, 4) is 0 Å². The fraction of sp³-hybridized carbons (Fsp3) is 0.250. The molecule has 0 amide bonds. The summed E-state index contributed by atoms with van der Waals surface area (Å²) < 4.78 is 0. The Morgan fingerprint density at radius 3 is 2.89 bits per heavy atom. The van der Waals surface area contributed by atoms with Crippen LogP contribution in [0.15, 0.2) is 30.5 Å². The number of pyridine rings is 1. The van der Waals surface area contributed by atoms with Gasteiger partial charge in [0.1, 0.15) is 5.52 Å². The van der Waals surface area contributed by atoms with Crippen molar-refractivity contribution in [2.75, 3.05) is 18.4 Å². The number of nitrogens with one attached hydrogen (secondary N) is 2. The molecule has 18 heavy (non-hydrogen) atoms. The molecule has 0 bridgehead atoms. The van der Waals surface area contributed by atoms with Crippen LogP contribution in [-0.2, 0) is 0 Å². The van der Waals surface area contributed by atoms with Crippen molar-refractivity contribution in [2.24, 2.45) is 0 Å². The van der Waals surface area contributed by atoms with Gasteiger partial charge in [-0.2, -0.15) is 0 Å². The minimum absolute atomic E-state index is 0.0443. The van der Waals surface area contributed by atoms with E-state index in [1.165, 1.54) is 6.07 Å². The number of benzene rings is 1. The Kier molecular flexibility index (Phi) is 2.56. The Labute approximate surface area is 103 Å². The summed E-state index contributed by atoms with van der Waals surface area (Å²) in [7, 11) is 0.